The molecule has 2 aromatic rings. The van der Waals surface area contributed by atoms with Crippen LogP contribution >= 0.6 is 11.6 Å². The SMILES string of the molecule is O=C(O)c1cc(S(=O)(=O)NCCn2ccnc2)ccc1Cl. The maximum absolute atomic E-state index is 12.1. The highest BCUT2D eigenvalue weighted by Crippen LogP contribution is 2.20. The molecule has 1 heterocycles. The molecule has 0 aliphatic carbocycles. The lowest BCUT2D eigenvalue weighted by Crippen LogP contribution is -2.27. The molecule has 21 heavy (non-hydrogen) atoms. The zero-order valence-electron chi connectivity index (χ0n) is 10.7. The van der Waals surface area contributed by atoms with Crippen LogP contribution in [0.2, 0.25) is 5.02 Å². The number of rotatable bonds is 6. The van der Waals surface area contributed by atoms with Crippen LogP contribution in [0, 0.1) is 0 Å². The molecule has 0 saturated heterocycles. The number of halogens is 1. The van der Waals surface area contributed by atoms with Crippen LogP contribution in [0.1, 0.15) is 10.4 Å². The highest BCUT2D eigenvalue weighted by Gasteiger charge is 2.17. The standard InChI is InChI=1S/C12H12ClN3O4S/c13-11-2-1-9(7-10(11)12(17)18)21(19,20)15-4-6-16-5-3-14-8-16/h1-3,5,7-8,15H,4,6H2,(H,17,18). The number of aromatic nitrogens is 2. The van der Waals surface area contributed by atoms with Gasteiger partial charge in [-0.3, -0.25) is 0 Å². The third-order valence-electron chi connectivity index (χ3n) is 2.70. The first-order valence-corrected chi connectivity index (χ1v) is 7.74. The molecule has 0 saturated carbocycles. The lowest BCUT2D eigenvalue weighted by atomic mass is 10.2. The number of carboxylic acids is 1. The number of carbonyl (C=O) groups is 1. The highest BCUT2D eigenvalue weighted by atomic mass is 35.5. The van der Waals surface area contributed by atoms with Crippen molar-refractivity contribution in [1.29, 1.82) is 0 Å². The maximum Gasteiger partial charge on any atom is 0.337 e. The Morgan fingerprint density at radius 1 is 1.43 bits per heavy atom. The lowest BCUT2D eigenvalue weighted by molar-refractivity contribution is 0.0697. The average Bonchev–Trinajstić information content (AvgIpc) is 2.91. The van der Waals surface area contributed by atoms with Gasteiger partial charge >= 0.3 is 5.97 Å². The van der Waals surface area contributed by atoms with Crippen molar-refractivity contribution in [2.24, 2.45) is 0 Å². The summed E-state index contributed by atoms with van der Waals surface area (Å²) in [7, 11) is -3.79. The summed E-state index contributed by atoms with van der Waals surface area (Å²) in [4.78, 5) is 14.7. The molecular formula is C12H12ClN3O4S. The third-order valence-corrected chi connectivity index (χ3v) is 4.49. The van der Waals surface area contributed by atoms with Gasteiger partial charge in [0.15, 0.2) is 0 Å². The molecule has 9 heteroatoms. The molecule has 0 bridgehead atoms. The Morgan fingerprint density at radius 3 is 2.81 bits per heavy atom. The van der Waals surface area contributed by atoms with Gasteiger partial charge < -0.3 is 9.67 Å². The lowest BCUT2D eigenvalue weighted by Gasteiger charge is -2.08. The number of sulfonamides is 1. The third kappa shape index (κ3) is 3.81. The van der Waals surface area contributed by atoms with E-state index in [4.69, 9.17) is 16.7 Å². The summed E-state index contributed by atoms with van der Waals surface area (Å²) in [6.45, 7) is 0.572. The molecule has 0 spiro atoms. The molecule has 0 radical (unpaired) electrons. The Kier molecular flexibility index (Phi) is 4.61. The van der Waals surface area contributed by atoms with Gasteiger partial charge in [0.05, 0.1) is 21.8 Å². The summed E-state index contributed by atoms with van der Waals surface area (Å²) in [5.74, 6) is -1.28. The molecular weight excluding hydrogens is 318 g/mol. The molecule has 112 valence electrons. The second-order valence-electron chi connectivity index (χ2n) is 4.15. The van der Waals surface area contributed by atoms with Crippen LogP contribution in [0.4, 0.5) is 0 Å². The molecule has 0 aliphatic heterocycles. The zero-order valence-corrected chi connectivity index (χ0v) is 12.3. The average molecular weight is 330 g/mol. The van der Waals surface area contributed by atoms with Crippen molar-refractivity contribution in [2.45, 2.75) is 11.4 Å². The van der Waals surface area contributed by atoms with Gasteiger partial charge in [0.2, 0.25) is 10.0 Å². The van der Waals surface area contributed by atoms with Gasteiger partial charge in [-0.15, -0.1) is 0 Å². The molecule has 1 aromatic carbocycles. The van der Waals surface area contributed by atoms with Crippen molar-refractivity contribution in [3.05, 3.63) is 47.5 Å². The fraction of sp³-hybridized carbons (Fsp3) is 0.167. The molecule has 0 unspecified atom stereocenters. The van der Waals surface area contributed by atoms with E-state index in [1.165, 1.54) is 12.1 Å². The minimum atomic E-state index is -3.79. The first-order chi connectivity index (χ1) is 9.90. The Labute approximate surface area is 126 Å². The number of hydrogen-bond acceptors (Lipinski definition) is 4. The fourth-order valence-corrected chi connectivity index (χ4v) is 2.89. The Hall–Kier alpha value is -1.90. The second-order valence-corrected chi connectivity index (χ2v) is 6.32. The van der Waals surface area contributed by atoms with Crippen LogP contribution in [0.3, 0.4) is 0 Å². The van der Waals surface area contributed by atoms with Crippen LogP contribution in [0.15, 0.2) is 41.8 Å². The van der Waals surface area contributed by atoms with Crippen molar-refractivity contribution < 1.29 is 18.3 Å². The monoisotopic (exact) mass is 329 g/mol. The Morgan fingerprint density at radius 2 is 2.19 bits per heavy atom. The highest BCUT2D eigenvalue weighted by molar-refractivity contribution is 7.89. The Balaban J connectivity index is 2.12. The minimum absolute atomic E-state index is 0.0140. The van der Waals surface area contributed by atoms with E-state index < -0.39 is 16.0 Å². The number of benzene rings is 1. The number of hydrogen-bond donors (Lipinski definition) is 2. The van der Waals surface area contributed by atoms with Gasteiger partial charge in [0, 0.05) is 25.5 Å². The maximum atomic E-state index is 12.1. The van der Waals surface area contributed by atoms with Crippen molar-refractivity contribution in [2.75, 3.05) is 6.54 Å². The number of imidazole rings is 1. The van der Waals surface area contributed by atoms with Gasteiger partial charge in [0.25, 0.3) is 0 Å². The van der Waals surface area contributed by atoms with Gasteiger partial charge in [0.1, 0.15) is 0 Å². The van der Waals surface area contributed by atoms with Crippen molar-refractivity contribution in [1.82, 2.24) is 14.3 Å². The number of nitrogens with one attached hydrogen (secondary N) is 1. The summed E-state index contributed by atoms with van der Waals surface area (Å²) in [6, 6.07) is 3.54. The van der Waals surface area contributed by atoms with Gasteiger partial charge in [-0.2, -0.15) is 0 Å². The summed E-state index contributed by atoms with van der Waals surface area (Å²) < 4.78 is 28.3. The molecule has 0 amide bonds. The second kappa shape index (κ2) is 6.25. The fourth-order valence-electron chi connectivity index (χ4n) is 1.65. The zero-order chi connectivity index (χ0) is 15.5. The van der Waals surface area contributed by atoms with E-state index in [0.29, 0.717) is 6.54 Å². The van der Waals surface area contributed by atoms with Gasteiger partial charge in [-0.25, -0.2) is 22.9 Å². The van der Waals surface area contributed by atoms with Crippen LogP contribution in [0.25, 0.3) is 0 Å². The molecule has 7 nitrogen and oxygen atoms in total. The van der Waals surface area contributed by atoms with Crippen LogP contribution in [-0.2, 0) is 16.6 Å². The smallest absolute Gasteiger partial charge is 0.337 e. The normalized spacial score (nSPS) is 11.5. The van der Waals surface area contributed by atoms with Crippen LogP contribution in [-0.4, -0.2) is 35.6 Å². The molecule has 1 aromatic heterocycles. The van der Waals surface area contributed by atoms with E-state index in [0.717, 1.165) is 6.07 Å². The van der Waals surface area contributed by atoms with E-state index in [1.54, 1.807) is 23.3 Å². The summed E-state index contributed by atoms with van der Waals surface area (Å²) in [6.07, 6.45) is 4.87. The predicted molar refractivity (Wildman–Crippen MR) is 75.8 cm³/mol. The minimum Gasteiger partial charge on any atom is -0.478 e. The van der Waals surface area contributed by atoms with Gasteiger partial charge in [-0.05, 0) is 18.2 Å². The van der Waals surface area contributed by atoms with E-state index in [1.807, 2.05) is 0 Å². The van der Waals surface area contributed by atoms with Crippen molar-refractivity contribution in [3.8, 4) is 0 Å². The molecule has 0 aliphatic rings. The van der Waals surface area contributed by atoms with E-state index >= 15 is 0 Å². The first kappa shape index (κ1) is 15.5. The van der Waals surface area contributed by atoms with Crippen LogP contribution < -0.4 is 4.72 Å². The predicted octanol–water partition coefficient (Wildman–Crippen LogP) is 1.21. The number of aromatic carboxylic acids is 1. The van der Waals surface area contributed by atoms with Crippen molar-refractivity contribution >= 4 is 27.6 Å². The molecule has 2 N–H and O–H groups in total. The molecule has 0 fully saturated rings. The summed E-state index contributed by atoms with van der Waals surface area (Å²) in [5.41, 5.74) is -0.255. The molecule has 0 atom stereocenters. The van der Waals surface area contributed by atoms with Crippen molar-refractivity contribution in [3.63, 3.8) is 0 Å². The molecule has 2 rings (SSSR count). The summed E-state index contributed by atoms with van der Waals surface area (Å²) in [5, 5.41) is 8.93. The quantitative estimate of drug-likeness (QED) is 0.829. The number of carboxylic acid groups (broad SMARTS) is 1. The van der Waals surface area contributed by atoms with E-state index in [9.17, 15) is 13.2 Å². The topological polar surface area (TPSA) is 101 Å². The first-order valence-electron chi connectivity index (χ1n) is 5.88. The van der Waals surface area contributed by atoms with Crippen LogP contribution in [0.5, 0.6) is 0 Å². The largest absolute Gasteiger partial charge is 0.478 e. The van der Waals surface area contributed by atoms with E-state index in [-0.39, 0.29) is 22.0 Å². The number of nitrogens with zero attached hydrogens (tertiary/aromatic N) is 2. The Bertz CT molecular complexity index is 744. The summed E-state index contributed by atoms with van der Waals surface area (Å²) >= 11 is 5.71. The van der Waals surface area contributed by atoms with Gasteiger partial charge in [-0.1, -0.05) is 11.6 Å². The van der Waals surface area contributed by atoms with E-state index in [2.05, 4.69) is 9.71 Å².